The lowest BCUT2D eigenvalue weighted by atomic mass is 10.1. The van der Waals surface area contributed by atoms with Gasteiger partial charge < -0.3 is 15.5 Å². The van der Waals surface area contributed by atoms with Gasteiger partial charge in [-0.1, -0.05) is 23.9 Å². The number of thioether (sulfide) groups is 1. The van der Waals surface area contributed by atoms with Crippen molar-refractivity contribution in [1.29, 1.82) is 0 Å². The molecule has 0 spiro atoms. The fraction of sp³-hybridized carbons (Fsp3) is 0.474. The van der Waals surface area contributed by atoms with E-state index in [2.05, 4.69) is 20.0 Å². The minimum absolute atomic E-state index is 0.000428. The molecule has 1 saturated heterocycles. The zero-order valence-electron chi connectivity index (χ0n) is 17.3. The van der Waals surface area contributed by atoms with E-state index in [4.69, 9.17) is 5.11 Å². The van der Waals surface area contributed by atoms with E-state index in [1.165, 1.54) is 22.5 Å². The lowest BCUT2D eigenvalue weighted by Crippen LogP contribution is -2.45. The van der Waals surface area contributed by atoms with Crippen molar-refractivity contribution >= 4 is 33.6 Å². The number of nitrogens with one attached hydrogen (secondary N) is 2. The van der Waals surface area contributed by atoms with Crippen LogP contribution >= 0.6 is 11.8 Å². The van der Waals surface area contributed by atoms with E-state index >= 15 is 0 Å². The Kier molecular flexibility index (Phi) is 8.22. The van der Waals surface area contributed by atoms with Crippen LogP contribution in [0.15, 0.2) is 29.4 Å². The molecule has 176 valence electrons. The SMILES string of the molecule is C[C@@H](Nc1cc(NS(=O)(=O)N2CCC2)nc(SCc2cccc(F)c2F)n1)[C@@H](O)CCO. The van der Waals surface area contributed by atoms with Crippen LogP contribution in [0.4, 0.5) is 20.4 Å². The van der Waals surface area contributed by atoms with Crippen LogP contribution in [0.2, 0.25) is 0 Å². The van der Waals surface area contributed by atoms with E-state index in [9.17, 15) is 22.3 Å². The van der Waals surface area contributed by atoms with Gasteiger partial charge in [0.25, 0.3) is 0 Å². The molecule has 4 N–H and O–H groups in total. The topological polar surface area (TPSA) is 128 Å². The Bertz CT molecular complexity index is 1040. The Morgan fingerprint density at radius 2 is 1.97 bits per heavy atom. The summed E-state index contributed by atoms with van der Waals surface area (Å²) in [6.45, 7) is 2.31. The number of halogens is 2. The number of nitrogens with zero attached hydrogens (tertiary/aromatic N) is 3. The van der Waals surface area contributed by atoms with Gasteiger partial charge in [0, 0.05) is 37.1 Å². The largest absolute Gasteiger partial charge is 0.396 e. The summed E-state index contributed by atoms with van der Waals surface area (Å²) in [6, 6.07) is 4.73. The highest BCUT2D eigenvalue weighted by atomic mass is 32.2. The third-order valence-electron chi connectivity index (χ3n) is 4.86. The van der Waals surface area contributed by atoms with Crippen molar-refractivity contribution in [3.63, 3.8) is 0 Å². The van der Waals surface area contributed by atoms with E-state index in [1.807, 2.05) is 0 Å². The summed E-state index contributed by atoms with van der Waals surface area (Å²) in [5.41, 5.74) is 0.117. The van der Waals surface area contributed by atoms with Crippen LogP contribution in [0.25, 0.3) is 0 Å². The minimum Gasteiger partial charge on any atom is -0.396 e. The van der Waals surface area contributed by atoms with Crippen molar-refractivity contribution in [1.82, 2.24) is 14.3 Å². The van der Waals surface area contributed by atoms with Gasteiger partial charge in [0.2, 0.25) is 0 Å². The molecule has 2 heterocycles. The Morgan fingerprint density at radius 3 is 2.62 bits per heavy atom. The molecular weight excluding hydrogens is 464 g/mol. The molecule has 2 aromatic rings. The number of benzene rings is 1. The molecule has 1 fully saturated rings. The van der Waals surface area contributed by atoms with E-state index in [-0.39, 0.29) is 41.1 Å². The highest BCUT2D eigenvalue weighted by Crippen LogP contribution is 2.26. The van der Waals surface area contributed by atoms with Crippen molar-refractivity contribution in [2.45, 2.75) is 42.8 Å². The monoisotopic (exact) mass is 489 g/mol. The second kappa shape index (κ2) is 10.7. The molecule has 1 aliphatic rings. The van der Waals surface area contributed by atoms with Gasteiger partial charge in [-0.05, 0) is 25.8 Å². The smallest absolute Gasteiger partial charge is 0.302 e. The summed E-state index contributed by atoms with van der Waals surface area (Å²) in [4.78, 5) is 8.49. The molecule has 0 aliphatic carbocycles. The molecule has 0 bridgehead atoms. The molecule has 0 unspecified atom stereocenters. The normalized spacial score (nSPS) is 16.3. The number of hydrogen-bond acceptors (Lipinski definition) is 8. The quantitative estimate of drug-likeness (QED) is 0.279. The second-order valence-corrected chi connectivity index (χ2v) is 9.91. The first-order valence-corrected chi connectivity index (χ1v) is 12.4. The van der Waals surface area contributed by atoms with Crippen LogP contribution in [-0.2, 0) is 16.0 Å². The number of aliphatic hydroxyl groups excluding tert-OH is 2. The number of hydrogen-bond donors (Lipinski definition) is 4. The molecule has 1 aromatic heterocycles. The van der Waals surface area contributed by atoms with Gasteiger partial charge in [0.1, 0.15) is 11.6 Å². The van der Waals surface area contributed by atoms with E-state index in [0.717, 1.165) is 24.2 Å². The average Bonchev–Trinajstić information content (AvgIpc) is 2.67. The molecule has 1 aliphatic heterocycles. The Balaban J connectivity index is 1.82. The van der Waals surface area contributed by atoms with Gasteiger partial charge in [0.15, 0.2) is 16.8 Å². The van der Waals surface area contributed by atoms with E-state index in [1.54, 1.807) is 6.92 Å². The molecule has 2 atom stereocenters. The highest BCUT2D eigenvalue weighted by molar-refractivity contribution is 7.98. The summed E-state index contributed by atoms with van der Waals surface area (Å²) in [5, 5.41) is 22.2. The summed E-state index contributed by atoms with van der Waals surface area (Å²) in [5.74, 6) is -1.68. The molecule has 1 aromatic carbocycles. The van der Waals surface area contributed by atoms with Crippen LogP contribution in [0.5, 0.6) is 0 Å². The fourth-order valence-corrected chi connectivity index (χ4v) is 4.92. The first-order chi connectivity index (χ1) is 15.2. The van der Waals surface area contributed by atoms with Gasteiger partial charge in [-0.2, -0.15) is 12.7 Å². The van der Waals surface area contributed by atoms with Gasteiger partial charge >= 0.3 is 10.2 Å². The van der Waals surface area contributed by atoms with E-state index < -0.39 is 34.0 Å². The van der Waals surface area contributed by atoms with E-state index in [0.29, 0.717) is 13.1 Å². The Labute approximate surface area is 189 Å². The van der Waals surface area contributed by atoms with Gasteiger partial charge in [-0.25, -0.2) is 18.7 Å². The maximum atomic E-state index is 14.0. The summed E-state index contributed by atoms with van der Waals surface area (Å²) in [6.07, 6.45) is 0.0559. The van der Waals surface area contributed by atoms with Crippen LogP contribution in [-0.4, -0.2) is 64.7 Å². The van der Waals surface area contributed by atoms with Crippen LogP contribution in [0.1, 0.15) is 25.3 Å². The molecule has 0 radical (unpaired) electrons. The molecule has 32 heavy (non-hydrogen) atoms. The molecule has 0 saturated carbocycles. The van der Waals surface area contributed by atoms with Crippen LogP contribution in [0.3, 0.4) is 0 Å². The molecule has 9 nitrogen and oxygen atoms in total. The minimum atomic E-state index is -3.78. The predicted octanol–water partition coefficient (Wildman–Crippen LogP) is 1.95. The van der Waals surface area contributed by atoms with Gasteiger partial charge in [0.05, 0.1) is 12.1 Å². The van der Waals surface area contributed by atoms with Crippen molar-refractivity contribution in [2.75, 3.05) is 29.7 Å². The zero-order valence-corrected chi connectivity index (χ0v) is 19.0. The highest BCUT2D eigenvalue weighted by Gasteiger charge is 2.28. The zero-order chi connectivity index (χ0) is 23.3. The molecule has 0 amide bonds. The lowest BCUT2D eigenvalue weighted by Gasteiger charge is -2.29. The molecule has 13 heteroatoms. The first kappa shape index (κ1) is 24.6. The standard InChI is InChI=1S/C19H25F2N5O4S2/c1-12(15(28)6-9-27)22-16-10-17(25-32(29,30)26-7-3-8-26)24-19(23-16)31-11-13-4-2-5-14(20)18(13)21/h2,4-5,10,12,15,27-28H,3,6-9,11H2,1H3,(H2,22,23,24,25)/t12-,15+/m1/s1. The average molecular weight is 490 g/mol. The van der Waals surface area contributed by atoms with Gasteiger partial charge in [-0.3, -0.25) is 4.72 Å². The third kappa shape index (κ3) is 6.25. The molecular formula is C19H25F2N5O4S2. The summed E-state index contributed by atoms with van der Waals surface area (Å²) in [7, 11) is -3.78. The van der Waals surface area contributed by atoms with Crippen molar-refractivity contribution in [3.8, 4) is 0 Å². The maximum Gasteiger partial charge on any atom is 0.302 e. The van der Waals surface area contributed by atoms with Gasteiger partial charge in [-0.15, -0.1) is 0 Å². The number of anilines is 2. The second-order valence-electron chi connectivity index (χ2n) is 7.29. The number of rotatable bonds is 11. The fourth-order valence-electron chi connectivity index (χ4n) is 2.85. The third-order valence-corrected chi connectivity index (χ3v) is 7.27. The number of aliphatic hydroxyl groups is 2. The Hall–Kier alpha value is -2.06. The number of aromatic nitrogens is 2. The first-order valence-electron chi connectivity index (χ1n) is 9.97. The van der Waals surface area contributed by atoms with Crippen LogP contribution < -0.4 is 10.0 Å². The Morgan fingerprint density at radius 1 is 1.25 bits per heavy atom. The van der Waals surface area contributed by atoms with Crippen molar-refractivity contribution in [2.24, 2.45) is 0 Å². The maximum absolute atomic E-state index is 14.0. The van der Waals surface area contributed by atoms with Crippen LogP contribution in [0, 0.1) is 11.6 Å². The van der Waals surface area contributed by atoms with Crippen molar-refractivity contribution < 1.29 is 27.4 Å². The summed E-state index contributed by atoms with van der Waals surface area (Å²) >= 11 is 1.00. The summed E-state index contributed by atoms with van der Waals surface area (Å²) < 4.78 is 56.0. The van der Waals surface area contributed by atoms with Crippen molar-refractivity contribution in [3.05, 3.63) is 41.5 Å². The molecule has 3 rings (SSSR count). The predicted molar refractivity (Wildman–Crippen MR) is 117 cm³/mol. The lowest BCUT2D eigenvalue weighted by molar-refractivity contribution is 0.120.